The lowest BCUT2D eigenvalue weighted by molar-refractivity contribution is -0.116. The third kappa shape index (κ3) is 2.05. The lowest BCUT2D eigenvalue weighted by atomic mass is 10.0. The number of pyridine rings is 1. The highest BCUT2D eigenvalue weighted by Crippen LogP contribution is 2.31. The number of carbonyl (C=O) groups excluding carboxylic acids is 1. The Morgan fingerprint density at radius 2 is 1.94 bits per heavy atom. The molecular weight excluding hydrogens is 226 g/mol. The Balaban J connectivity index is 1.94. The Labute approximate surface area is 105 Å². The molecule has 3 rings (SSSR count). The molecule has 0 bridgehead atoms. The van der Waals surface area contributed by atoms with Crippen molar-refractivity contribution < 1.29 is 4.79 Å². The smallest absolute Gasteiger partial charge is 0.224 e. The minimum absolute atomic E-state index is 0.0866. The standard InChI is InChI=1S/C14H13N3O/c18-14-5-4-11-12(2-1-3-13(11)17-14)16-10-6-8-15-9-7-10/h1-3,6-9H,4-5H2,(H,15,16)(H,17,18). The van der Waals surface area contributed by atoms with Crippen molar-refractivity contribution in [2.75, 3.05) is 10.6 Å². The van der Waals surface area contributed by atoms with Gasteiger partial charge < -0.3 is 10.6 Å². The predicted octanol–water partition coefficient (Wildman–Crippen LogP) is 2.71. The second kappa shape index (κ2) is 4.49. The first-order chi connectivity index (χ1) is 8.83. The fraction of sp³-hybridized carbons (Fsp3) is 0.143. The topological polar surface area (TPSA) is 54.0 Å². The Hall–Kier alpha value is -2.36. The van der Waals surface area contributed by atoms with Gasteiger partial charge in [-0.2, -0.15) is 0 Å². The molecule has 1 aliphatic heterocycles. The van der Waals surface area contributed by atoms with Crippen LogP contribution < -0.4 is 10.6 Å². The van der Waals surface area contributed by atoms with Crippen LogP contribution in [0.25, 0.3) is 0 Å². The van der Waals surface area contributed by atoms with Gasteiger partial charge in [0.05, 0.1) is 0 Å². The van der Waals surface area contributed by atoms with E-state index in [4.69, 9.17) is 0 Å². The fourth-order valence-electron chi connectivity index (χ4n) is 2.13. The van der Waals surface area contributed by atoms with Crippen molar-refractivity contribution in [2.24, 2.45) is 0 Å². The fourth-order valence-corrected chi connectivity index (χ4v) is 2.13. The third-order valence-corrected chi connectivity index (χ3v) is 3.01. The molecule has 1 aliphatic rings. The van der Waals surface area contributed by atoms with Crippen molar-refractivity contribution in [3.05, 3.63) is 48.3 Å². The van der Waals surface area contributed by atoms with Crippen LogP contribution in [0, 0.1) is 0 Å². The number of hydrogen-bond acceptors (Lipinski definition) is 3. The first-order valence-corrected chi connectivity index (χ1v) is 5.92. The van der Waals surface area contributed by atoms with Gasteiger partial charge in [0.2, 0.25) is 5.91 Å². The second-order valence-electron chi connectivity index (χ2n) is 4.24. The Kier molecular flexibility index (Phi) is 2.68. The molecule has 0 spiro atoms. The highest BCUT2D eigenvalue weighted by atomic mass is 16.1. The molecule has 4 nitrogen and oxygen atoms in total. The summed E-state index contributed by atoms with van der Waals surface area (Å²) in [5.74, 6) is 0.0866. The zero-order chi connectivity index (χ0) is 12.4. The summed E-state index contributed by atoms with van der Waals surface area (Å²) in [6, 6.07) is 9.73. The number of rotatable bonds is 2. The highest BCUT2D eigenvalue weighted by molar-refractivity contribution is 5.95. The van der Waals surface area contributed by atoms with E-state index in [1.54, 1.807) is 12.4 Å². The summed E-state index contributed by atoms with van der Waals surface area (Å²) in [6.45, 7) is 0. The molecule has 0 aliphatic carbocycles. The largest absolute Gasteiger partial charge is 0.355 e. The quantitative estimate of drug-likeness (QED) is 0.847. The molecule has 2 N–H and O–H groups in total. The van der Waals surface area contributed by atoms with E-state index in [0.717, 1.165) is 29.0 Å². The molecule has 2 heterocycles. The van der Waals surface area contributed by atoms with Crippen molar-refractivity contribution in [3.8, 4) is 0 Å². The van der Waals surface area contributed by atoms with Crippen LogP contribution >= 0.6 is 0 Å². The summed E-state index contributed by atoms with van der Waals surface area (Å²) < 4.78 is 0. The monoisotopic (exact) mass is 239 g/mol. The van der Waals surface area contributed by atoms with Gasteiger partial charge in [0, 0.05) is 35.9 Å². The van der Waals surface area contributed by atoms with E-state index in [-0.39, 0.29) is 5.91 Å². The van der Waals surface area contributed by atoms with Gasteiger partial charge in [0.15, 0.2) is 0 Å². The van der Waals surface area contributed by atoms with Crippen molar-refractivity contribution >= 4 is 23.0 Å². The number of nitrogens with one attached hydrogen (secondary N) is 2. The number of nitrogens with zero attached hydrogens (tertiary/aromatic N) is 1. The second-order valence-corrected chi connectivity index (χ2v) is 4.24. The molecule has 18 heavy (non-hydrogen) atoms. The summed E-state index contributed by atoms with van der Waals surface area (Å²) >= 11 is 0. The number of aromatic nitrogens is 1. The maximum absolute atomic E-state index is 11.4. The Morgan fingerprint density at radius 3 is 2.78 bits per heavy atom. The zero-order valence-corrected chi connectivity index (χ0v) is 9.81. The lowest BCUT2D eigenvalue weighted by Gasteiger charge is -2.20. The summed E-state index contributed by atoms with van der Waals surface area (Å²) in [7, 11) is 0. The summed E-state index contributed by atoms with van der Waals surface area (Å²) in [5.41, 5.74) is 4.10. The van der Waals surface area contributed by atoms with Crippen LogP contribution in [-0.4, -0.2) is 10.9 Å². The van der Waals surface area contributed by atoms with Crippen molar-refractivity contribution in [1.29, 1.82) is 0 Å². The number of anilines is 3. The molecule has 0 radical (unpaired) electrons. The van der Waals surface area contributed by atoms with Crippen molar-refractivity contribution in [3.63, 3.8) is 0 Å². The number of hydrogen-bond donors (Lipinski definition) is 2. The van der Waals surface area contributed by atoms with Gasteiger partial charge in [-0.15, -0.1) is 0 Å². The van der Waals surface area contributed by atoms with E-state index in [1.165, 1.54) is 0 Å². The molecule has 0 atom stereocenters. The Morgan fingerprint density at radius 1 is 1.11 bits per heavy atom. The number of benzene rings is 1. The van der Waals surface area contributed by atoms with Gasteiger partial charge in [-0.25, -0.2) is 0 Å². The molecular formula is C14H13N3O. The first kappa shape index (κ1) is 10.8. The van der Waals surface area contributed by atoms with Gasteiger partial charge in [0.1, 0.15) is 0 Å². The normalized spacial score (nSPS) is 13.7. The molecule has 0 fully saturated rings. The van der Waals surface area contributed by atoms with Crippen LogP contribution in [0.1, 0.15) is 12.0 Å². The lowest BCUT2D eigenvalue weighted by Crippen LogP contribution is -2.19. The maximum Gasteiger partial charge on any atom is 0.224 e. The van der Waals surface area contributed by atoms with E-state index < -0.39 is 0 Å². The molecule has 1 aromatic carbocycles. The molecule has 4 heteroatoms. The average molecular weight is 239 g/mol. The minimum atomic E-state index is 0.0866. The number of amides is 1. The highest BCUT2D eigenvalue weighted by Gasteiger charge is 2.17. The molecule has 1 aromatic heterocycles. The summed E-state index contributed by atoms with van der Waals surface area (Å²) in [4.78, 5) is 15.3. The van der Waals surface area contributed by atoms with E-state index >= 15 is 0 Å². The molecule has 1 amide bonds. The van der Waals surface area contributed by atoms with E-state index in [1.807, 2.05) is 30.3 Å². The van der Waals surface area contributed by atoms with Gasteiger partial charge in [0.25, 0.3) is 0 Å². The summed E-state index contributed by atoms with van der Waals surface area (Å²) in [5, 5.41) is 6.25. The van der Waals surface area contributed by atoms with Gasteiger partial charge >= 0.3 is 0 Å². The van der Waals surface area contributed by atoms with E-state index in [2.05, 4.69) is 15.6 Å². The molecule has 0 saturated heterocycles. The van der Waals surface area contributed by atoms with Gasteiger partial charge in [-0.3, -0.25) is 9.78 Å². The SMILES string of the molecule is O=C1CCc2c(cccc2Nc2ccncc2)N1. The number of carbonyl (C=O) groups is 1. The van der Waals surface area contributed by atoms with Gasteiger partial charge in [-0.1, -0.05) is 6.07 Å². The van der Waals surface area contributed by atoms with Crippen LogP contribution in [0.2, 0.25) is 0 Å². The van der Waals surface area contributed by atoms with E-state index in [9.17, 15) is 4.79 Å². The first-order valence-electron chi connectivity index (χ1n) is 5.92. The van der Waals surface area contributed by atoms with Crippen molar-refractivity contribution in [1.82, 2.24) is 4.98 Å². The average Bonchev–Trinajstić information content (AvgIpc) is 2.40. The van der Waals surface area contributed by atoms with Crippen LogP contribution in [0.3, 0.4) is 0 Å². The van der Waals surface area contributed by atoms with Gasteiger partial charge in [-0.05, 0) is 36.2 Å². The third-order valence-electron chi connectivity index (χ3n) is 3.01. The minimum Gasteiger partial charge on any atom is -0.355 e. The van der Waals surface area contributed by atoms with Crippen LogP contribution in [-0.2, 0) is 11.2 Å². The van der Waals surface area contributed by atoms with Crippen LogP contribution in [0.4, 0.5) is 17.1 Å². The van der Waals surface area contributed by atoms with Crippen LogP contribution in [0.5, 0.6) is 0 Å². The maximum atomic E-state index is 11.4. The molecule has 2 aromatic rings. The summed E-state index contributed by atoms with van der Waals surface area (Å²) in [6.07, 6.45) is 4.82. The molecule has 90 valence electrons. The predicted molar refractivity (Wildman–Crippen MR) is 70.9 cm³/mol. The van der Waals surface area contributed by atoms with Crippen LogP contribution in [0.15, 0.2) is 42.7 Å². The Bertz CT molecular complexity index is 581. The zero-order valence-electron chi connectivity index (χ0n) is 9.81. The van der Waals surface area contributed by atoms with Crippen molar-refractivity contribution in [2.45, 2.75) is 12.8 Å². The molecule has 0 unspecified atom stereocenters. The number of fused-ring (bicyclic) bond motifs is 1. The molecule has 0 saturated carbocycles. The van der Waals surface area contributed by atoms with E-state index in [0.29, 0.717) is 6.42 Å².